The van der Waals surface area contributed by atoms with Crippen LogP contribution in [0, 0.1) is 6.92 Å². The standard InChI is InChI=1S/C18H23N3O3/c1-10(2)18-21-20-16(24-18)9-19-12(4)17-11(3)14-8-13(22-5)6-7-15(14)23-17/h6-8,10,12,19H,9H2,1-5H3. The molecule has 0 fully saturated rings. The van der Waals surface area contributed by atoms with Crippen molar-refractivity contribution in [3.63, 3.8) is 0 Å². The fraction of sp³-hybridized carbons (Fsp3) is 0.444. The number of hydrogen-bond donors (Lipinski definition) is 1. The number of ether oxygens (including phenoxy) is 1. The maximum atomic E-state index is 6.01. The largest absolute Gasteiger partial charge is 0.497 e. The highest BCUT2D eigenvalue weighted by Crippen LogP contribution is 2.32. The zero-order valence-electron chi connectivity index (χ0n) is 14.7. The third kappa shape index (κ3) is 3.14. The first-order chi connectivity index (χ1) is 11.5. The van der Waals surface area contributed by atoms with E-state index in [0.29, 0.717) is 18.3 Å². The fourth-order valence-corrected chi connectivity index (χ4v) is 2.66. The van der Waals surface area contributed by atoms with Gasteiger partial charge in [-0.3, -0.25) is 5.32 Å². The summed E-state index contributed by atoms with van der Waals surface area (Å²) in [5, 5.41) is 12.6. The highest BCUT2D eigenvalue weighted by molar-refractivity contribution is 5.83. The van der Waals surface area contributed by atoms with Gasteiger partial charge >= 0.3 is 0 Å². The van der Waals surface area contributed by atoms with Gasteiger partial charge in [-0.15, -0.1) is 10.2 Å². The van der Waals surface area contributed by atoms with Crippen molar-refractivity contribution in [3.05, 3.63) is 41.3 Å². The molecule has 6 heteroatoms. The van der Waals surface area contributed by atoms with E-state index in [1.165, 1.54) is 0 Å². The van der Waals surface area contributed by atoms with Crippen LogP contribution < -0.4 is 10.1 Å². The lowest BCUT2D eigenvalue weighted by Gasteiger charge is -2.10. The summed E-state index contributed by atoms with van der Waals surface area (Å²) in [6, 6.07) is 5.86. The van der Waals surface area contributed by atoms with Crippen LogP contribution in [0.25, 0.3) is 11.0 Å². The number of rotatable bonds is 6. The molecule has 6 nitrogen and oxygen atoms in total. The molecule has 3 rings (SSSR count). The van der Waals surface area contributed by atoms with Crippen LogP contribution in [0.15, 0.2) is 27.0 Å². The van der Waals surface area contributed by atoms with Crippen molar-refractivity contribution < 1.29 is 13.6 Å². The minimum Gasteiger partial charge on any atom is -0.497 e. The first kappa shape index (κ1) is 16.5. The quantitative estimate of drug-likeness (QED) is 0.734. The van der Waals surface area contributed by atoms with Gasteiger partial charge in [0.25, 0.3) is 0 Å². The van der Waals surface area contributed by atoms with Crippen molar-refractivity contribution in [2.24, 2.45) is 0 Å². The lowest BCUT2D eigenvalue weighted by Crippen LogP contribution is -2.18. The number of benzene rings is 1. The predicted octanol–water partition coefficient (Wildman–Crippen LogP) is 4.11. The summed E-state index contributed by atoms with van der Waals surface area (Å²) < 4.78 is 16.9. The normalized spacial score (nSPS) is 12.9. The second-order valence-electron chi connectivity index (χ2n) is 6.24. The van der Waals surface area contributed by atoms with E-state index in [-0.39, 0.29) is 12.0 Å². The minimum atomic E-state index is 0.0257. The topological polar surface area (TPSA) is 73.3 Å². The summed E-state index contributed by atoms with van der Waals surface area (Å²) in [6.45, 7) is 8.67. The van der Waals surface area contributed by atoms with E-state index in [1.54, 1.807) is 7.11 Å². The average Bonchev–Trinajstić information content (AvgIpc) is 3.17. The second-order valence-corrected chi connectivity index (χ2v) is 6.24. The Balaban J connectivity index is 1.75. The molecule has 128 valence electrons. The first-order valence-corrected chi connectivity index (χ1v) is 8.12. The molecule has 0 spiro atoms. The number of nitrogens with one attached hydrogen (secondary N) is 1. The van der Waals surface area contributed by atoms with E-state index in [0.717, 1.165) is 28.0 Å². The van der Waals surface area contributed by atoms with E-state index in [9.17, 15) is 0 Å². The predicted molar refractivity (Wildman–Crippen MR) is 91.1 cm³/mol. The molecule has 0 radical (unpaired) electrons. The summed E-state index contributed by atoms with van der Waals surface area (Å²) >= 11 is 0. The van der Waals surface area contributed by atoms with Gasteiger partial charge in [0.2, 0.25) is 11.8 Å². The Kier molecular flexibility index (Phi) is 4.57. The number of hydrogen-bond acceptors (Lipinski definition) is 6. The van der Waals surface area contributed by atoms with Crippen LogP contribution in [0.1, 0.15) is 55.8 Å². The summed E-state index contributed by atoms with van der Waals surface area (Å²) in [4.78, 5) is 0. The first-order valence-electron chi connectivity index (χ1n) is 8.12. The van der Waals surface area contributed by atoms with E-state index < -0.39 is 0 Å². The van der Waals surface area contributed by atoms with Crippen molar-refractivity contribution in [2.45, 2.75) is 46.2 Å². The van der Waals surface area contributed by atoms with E-state index in [2.05, 4.69) is 29.4 Å². The minimum absolute atomic E-state index is 0.0257. The van der Waals surface area contributed by atoms with Gasteiger partial charge in [-0.05, 0) is 32.0 Å². The number of aromatic nitrogens is 2. The van der Waals surface area contributed by atoms with Gasteiger partial charge in [-0.1, -0.05) is 13.8 Å². The molecule has 2 heterocycles. The second kappa shape index (κ2) is 6.65. The van der Waals surface area contributed by atoms with Crippen LogP contribution in [0.3, 0.4) is 0 Å². The Bertz CT molecular complexity index is 835. The van der Waals surface area contributed by atoms with Crippen molar-refractivity contribution in [2.75, 3.05) is 7.11 Å². The Morgan fingerprint density at radius 1 is 1.17 bits per heavy atom. The zero-order valence-corrected chi connectivity index (χ0v) is 14.7. The van der Waals surface area contributed by atoms with Crippen molar-refractivity contribution >= 4 is 11.0 Å². The van der Waals surface area contributed by atoms with Gasteiger partial charge in [0.15, 0.2) is 0 Å². The Hall–Kier alpha value is -2.34. The monoisotopic (exact) mass is 329 g/mol. The number of fused-ring (bicyclic) bond motifs is 1. The molecule has 2 aromatic heterocycles. The SMILES string of the molecule is COc1ccc2oc(C(C)NCc3nnc(C(C)C)o3)c(C)c2c1. The fourth-order valence-electron chi connectivity index (χ4n) is 2.66. The van der Waals surface area contributed by atoms with Crippen molar-refractivity contribution in [1.82, 2.24) is 15.5 Å². The Morgan fingerprint density at radius 3 is 2.62 bits per heavy atom. The molecule has 0 bridgehead atoms. The van der Waals surface area contributed by atoms with Crippen LogP contribution >= 0.6 is 0 Å². The average molecular weight is 329 g/mol. The van der Waals surface area contributed by atoms with Crippen LogP contribution in [0.2, 0.25) is 0 Å². The maximum Gasteiger partial charge on any atom is 0.230 e. The molecule has 0 aliphatic carbocycles. The summed E-state index contributed by atoms with van der Waals surface area (Å²) in [5.41, 5.74) is 1.97. The number of nitrogens with zero attached hydrogens (tertiary/aromatic N) is 2. The molecule has 0 aliphatic rings. The molecule has 1 N–H and O–H groups in total. The molecule has 1 atom stereocenters. The van der Waals surface area contributed by atoms with E-state index in [1.807, 2.05) is 32.0 Å². The van der Waals surface area contributed by atoms with Gasteiger partial charge < -0.3 is 13.6 Å². The van der Waals surface area contributed by atoms with Gasteiger partial charge in [0.05, 0.1) is 19.7 Å². The smallest absolute Gasteiger partial charge is 0.230 e. The lowest BCUT2D eigenvalue weighted by molar-refractivity contribution is 0.388. The molecule has 3 aromatic rings. The number of methoxy groups -OCH3 is 1. The maximum absolute atomic E-state index is 6.01. The van der Waals surface area contributed by atoms with Crippen LogP contribution in [-0.4, -0.2) is 17.3 Å². The molecule has 0 saturated carbocycles. The molecule has 0 saturated heterocycles. The molecule has 1 aromatic carbocycles. The summed E-state index contributed by atoms with van der Waals surface area (Å²) in [7, 11) is 1.66. The van der Waals surface area contributed by atoms with E-state index in [4.69, 9.17) is 13.6 Å². The highest BCUT2D eigenvalue weighted by Gasteiger charge is 2.18. The molecule has 1 unspecified atom stereocenters. The highest BCUT2D eigenvalue weighted by atomic mass is 16.5. The molecular formula is C18H23N3O3. The van der Waals surface area contributed by atoms with Gasteiger partial charge in [0.1, 0.15) is 17.1 Å². The van der Waals surface area contributed by atoms with E-state index >= 15 is 0 Å². The van der Waals surface area contributed by atoms with Gasteiger partial charge in [-0.25, -0.2) is 0 Å². The number of furan rings is 1. The zero-order chi connectivity index (χ0) is 17.3. The molecule has 0 amide bonds. The molecule has 24 heavy (non-hydrogen) atoms. The van der Waals surface area contributed by atoms with Gasteiger partial charge in [-0.2, -0.15) is 0 Å². The van der Waals surface area contributed by atoms with Gasteiger partial charge in [0, 0.05) is 16.9 Å². The van der Waals surface area contributed by atoms with Crippen LogP contribution in [0.5, 0.6) is 5.75 Å². The molecule has 0 aliphatic heterocycles. The van der Waals surface area contributed by atoms with Crippen LogP contribution in [0.4, 0.5) is 0 Å². The number of aryl methyl sites for hydroxylation is 1. The lowest BCUT2D eigenvalue weighted by atomic mass is 10.1. The summed E-state index contributed by atoms with van der Waals surface area (Å²) in [6.07, 6.45) is 0. The third-order valence-corrected chi connectivity index (χ3v) is 4.11. The Morgan fingerprint density at radius 2 is 1.96 bits per heavy atom. The van der Waals surface area contributed by atoms with Crippen LogP contribution in [-0.2, 0) is 6.54 Å². The Labute approximate surface area is 141 Å². The summed E-state index contributed by atoms with van der Waals surface area (Å²) in [5.74, 6) is 3.20. The van der Waals surface area contributed by atoms with Crippen molar-refractivity contribution in [3.8, 4) is 5.75 Å². The molecular weight excluding hydrogens is 306 g/mol. The third-order valence-electron chi connectivity index (χ3n) is 4.11. The van der Waals surface area contributed by atoms with Crippen molar-refractivity contribution in [1.29, 1.82) is 0 Å².